The second-order valence-corrected chi connectivity index (χ2v) is 5.75. The van der Waals surface area contributed by atoms with E-state index in [9.17, 15) is 14.9 Å². The van der Waals surface area contributed by atoms with Crippen LogP contribution in [0, 0.1) is 10.1 Å². The molecule has 3 aromatic rings. The highest BCUT2D eigenvalue weighted by Crippen LogP contribution is 2.27. The number of nitro benzene ring substituents is 1. The Labute approximate surface area is 130 Å². The fourth-order valence-corrected chi connectivity index (χ4v) is 2.91. The van der Waals surface area contributed by atoms with Crippen LogP contribution in [0.3, 0.4) is 0 Å². The van der Waals surface area contributed by atoms with Crippen LogP contribution >= 0.6 is 11.8 Å². The van der Waals surface area contributed by atoms with Crippen molar-refractivity contribution in [2.75, 3.05) is 0 Å². The van der Waals surface area contributed by atoms with E-state index >= 15 is 0 Å². The first kappa shape index (κ1) is 14.3. The van der Waals surface area contributed by atoms with Gasteiger partial charge in [0.1, 0.15) is 0 Å². The second-order valence-electron chi connectivity index (χ2n) is 4.70. The summed E-state index contributed by atoms with van der Waals surface area (Å²) in [5, 5.41) is 12.7. The number of hydrogen-bond acceptors (Lipinski definition) is 4. The molecule has 0 aliphatic rings. The minimum absolute atomic E-state index is 0.0211. The molecule has 0 spiro atoms. The van der Waals surface area contributed by atoms with E-state index in [4.69, 9.17) is 0 Å². The molecule has 0 heterocycles. The van der Waals surface area contributed by atoms with Crippen molar-refractivity contribution in [2.45, 2.75) is 4.90 Å². The lowest BCUT2D eigenvalue weighted by Crippen LogP contribution is -1.94. The molecular weight excluding hydrogens is 298 g/mol. The van der Waals surface area contributed by atoms with E-state index in [2.05, 4.69) is 0 Å². The van der Waals surface area contributed by atoms with Gasteiger partial charge in [0.2, 0.25) is 5.12 Å². The summed E-state index contributed by atoms with van der Waals surface area (Å²) in [5.41, 5.74) is 0.427. The van der Waals surface area contributed by atoms with E-state index in [0.29, 0.717) is 5.56 Å². The molecule has 0 fully saturated rings. The molecule has 3 aromatic carbocycles. The largest absolute Gasteiger partial charge is 0.281 e. The summed E-state index contributed by atoms with van der Waals surface area (Å²) in [6.45, 7) is 0. The summed E-state index contributed by atoms with van der Waals surface area (Å²) in [5.74, 6) is 0. The third-order valence-electron chi connectivity index (χ3n) is 3.25. The molecule has 0 radical (unpaired) electrons. The van der Waals surface area contributed by atoms with Gasteiger partial charge in [0.05, 0.1) is 4.92 Å². The zero-order valence-corrected chi connectivity index (χ0v) is 12.2. The molecule has 0 aromatic heterocycles. The molecule has 0 unspecified atom stereocenters. The zero-order valence-electron chi connectivity index (χ0n) is 11.4. The number of carbonyl (C=O) groups is 1. The standard InChI is InChI=1S/C17H11NO3S/c19-17(13-5-8-15(9-6-13)18(20)21)22-16-10-7-12-3-1-2-4-14(12)11-16/h1-11H. The Kier molecular flexibility index (Phi) is 3.89. The van der Waals surface area contributed by atoms with Crippen molar-refractivity contribution in [3.05, 3.63) is 82.4 Å². The van der Waals surface area contributed by atoms with Crippen LogP contribution in [-0.4, -0.2) is 10.0 Å². The van der Waals surface area contributed by atoms with Gasteiger partial charge in [-0.05, 0) is 46.8 Å². The number of nitro groups is 1. The summed E-state index contributed by atoms with van der Waals surface area (Å²) in [6, 6.07) is 19.4. The molecule has 22 heavy (non-hydrogen) atoms. The molecule has 4 nitrogen and oxygen atoms in total. The van der Waals surface area contributed by atoms with Crippen molar-refractivity contribution < 1.29 is 9.72 Å². The van der Waals surface area contributed by atoms with Crippen molar-refractivity contribution in [3.8, 4) is 0 Å². The summed E-state index contributed by atoms with van der Waals surface area (Å²) in [6.07, 6.45) is 0. The highest BCUT2D eigenvalue weighted by Gasteiger charge is 2.11. The van der Waals surface area contributed by atoms with E-state index in [1.165, 1.54) is 24.3 Å². The van der Waals surface area contributed by atoms with Crippen LogP contribution in [0.25, 0.3) is 10.8 Å². The first-order valence-electron chi connectivity index (χ1n) is 6.59. The number of benzene rings is 3. The zero-order chi connectivity index (χ0) is 15.5. The van der Waals surface area contributed by atoms with E-state index in [-0.39, 0.29) is 10.8 Å². The minimum Gasteiger partial charge on any atom is -0.281 e. The van der Waals surface area contributed by atoms with E-state index in [1.54, 1.807) is 0 Å². The maximum atomic E-state index is 12.2. The molecule has 0 saturated heterocycles. The summed E-state index contributed by atoms with van der Waals surface area (Å²) >= 11 is 1.12. The van der Waals surface area contributed by atoms with E-state index in [0.717, 1.165) is 27.4 Å². The quantitative estimate of drug-likeness (QED) is 0.400. The fraction of sp³-hybridized carbons (Fsp3) is 0. The first-order chi connectivity index (χ1) is 10.6. The highest BCUT2D eigenvalue weighted by atomic mass is 32.2. The fourth-order valence-electron chi connectivity index (χ4n) is 2.12. The van der Waals surface area contributed by atoms with Gasteiger partial charge in [0, 0.05) is 22.6 Å². The third-order valence-corrected chi connectivity index (χ3v) is 4.16. The molecule has 0 bridgehead atoms. The number of fused-ring (bicyclic) bond motifs is 1. The van der Waals surface area contributed by atoms with Gasteiger partial charge >= 0.3 is 0 Å². The Morgan fingerprint density at radius 2 is 1.59 bits per heavy atom. The Morgan fingerprint density at radius 3 is 2.27 bits per heavy atom. The number of hydrogen-bond donors (Lipinski definition) is 0. The van der Waals surface area contributed by atoms with Crippen LogP contribution in [0.4, 0.5) is 5.69 Å². The third kappa shape index (κ3) is 2.99. The lowest BCUT2D eigenvalue weighted by Gasteiger charge is -2.03. The Balaban J connectivity index is 1.81. The molecule has 5 heteroatoms. The predicted octanol–water partition coefficient (Wildman–Crippen LogP) is 4.68. The van der Waals surface area contributed by atoms with Gasteiger partial charge in [-0.15, -0.1) is 0 Å². The average molecular weight is 309 g/mol. The molecule has 0 aliphatic heterocycles. The summed E-state index contributed by atoms with van der Waals surface area (Å²) in [7, 11) is 0. The maximum absolute atomic E-state index is 12.2. The van der Waals surface area contributed by atoms with Gasteiger partial charge in [-0.2, -0.15) is 0 Å². The molecular formula is C17H11NO3S. The molecule has 0 amide bonds. The Hall–Kier alpha value is -2.66. The molecule has 108 valence electrons. The number of non-ortho nitro benzene ring substituents is 1. The van der Waals surface area contributed by atoms with Gasteiger partial charge in [-0.1, -0.05) is 30.3 Å². The lowest BCUT2D eigenvalue weighted by molar-refractivity contribution is -0.384. The molecule has 0 N–H and O–H groups in total. The van der Waals surface area contributed by atoms with Gasteiger partial charge in [0.25, 0.3) is 5.69 Å². The van der Waals surface area contributed by atoms with Crippen LogP contribution in [0.15, 0.2) is 71.6 Å². The molecule has 0 atom stereocenters. The second kappa shape index (κ2) is 5.99. The van der Waals surface area contributed by atoms with Gasteiger partial charge < -0.3 is 0 Å². The molecule has 0 aliphatic carbocycles. The Bertz CT molecular complexity index is 859. The maximum Gasteiger partial charge on any atom is 0.269 e. The number of nitrogens with zero attached hydrogens (tertiary/aromatic N) is 1. The summed E-state index contributed by atoms with van der Waals surface area (Å²) < 4.78 is 0. The number of thioether (sulfide) groups is 1. The smallest absolute Gasteiger partial charge is 0.269 e. The first-order valence-corrected chi connectivity index (χ1v) is 7.40. The van der Waals surface area contributed by atoms with Crippen LogP contribution in [0.2, 0.25) is 0 Å². The average Bonchev–Trinajstić information content (AvgIpc) is 2.55. The predicted molar refractivity (Wildman–Crippen MR) is 87.2 cm³/mol. The molecule has 3 rings (SSSR count). The van der Waals surface area contributed by atoms with Crippen LogP contribution in [0.1, 0.15) is 10.4 Å². The topological polar surface area (TPSA) is 60.2 Å². The van der Waals surface area contributed by atoms with Crippen molar-refractivity contribution in [3.63, 3.8) is 0 Å². The minimum atomic E-state index is -0.481. The molecule has 0 saturated carbocycles. The van der Waals surface area contributed by atoms with Crippen molar-refractivity contribution in [2.24, 2.45) is 0 Å². The van der Waals surface area contributed by atoms with Gasteiger partial charge in [-0.3, -0.25) is 14.9 Å². The monoisotopic (exact) mass is 309 g/mol. The lowest BCUT2D eigenvalue weighted by atomic mass is 10.1. The Morgan fingerprint density at radius 1 is 0.909 bits per heavy atom. The van der Waals surface area contributed by atoms with Crippen LogP contribution in [-0.2, 0) is 0 Å². The van der Waals surface area contributed by atoms with E-state index in [1.807, 2.05) is 42.5 Å². The van der Waals surface area contributed by atoms with Crippen LogP contribution < -0.4 is 0 Å². The normalized spacial score (nSPS) is 10.5. The SMILES string of the molecule is O=C(Sc1ccc2ccccc2c1)c1ccc([N+](=O)[O-])cc1. The number of rotatable bonds is 3. The number of carbonyl (C=O) groups excluding carboxylic acids is 1. The van der Waals surface area contributed by atoms with Crippen molar-refractivity contribution in [1.82, 2.24) is 0 Å². The van der Waals surface area contributed by atoms with E-state index < -0.39 is 4.92 Å². The van der Waals surface area contributed by atoms with Crippen molar-refractivity contribution in [1.29, 1.82) is 0 Å². The van der Waals surface area contributed by atoms with Gasteiger partial charge in [0.15, 0.2) is 0 Å². The summed E-state index contributed by atoms with van der Waals surface area (Å²) in [4.78, 5) is 23.2. The van der Waals surface area contributed by atoms with Crippen LogP contribution in [0.5, 0.6) is 0 Å². The van der Waals surface area contributed by atoms with Crippen molar-refractivity contribution >= 4 is 33.3 Å². The van der Waals surface area contributed by atoms with Gasteiger partial charge in [-0.25, -0.2) is 0 Å². The highest BCUT2D eigenvalue weighted by molar-refractivity contribution is 8.14.